The second-order valence-electron chi connectivity index (χ2n) is 4.55. The minimum absolute atomic E-state index is 0.0490. The van der Waals surface area contributed by atoms with Crippen LogP contribution in [0.25, 0.3) is 0 Å². The largest absolute Gasteiger partial charge is 0.375 e. The summed E-state index contributed by atoms with van der Waals surface area (Å²) in [4.78, 5) is 20.8. The minimum atomic E-state index is -0.457. The Bertz CT molecular complexity index is 509. The molecule has 0 amide bonds. The summed E-state index contributed by atoms with van der Waals surface area (Å²) in [5.74, 6) is 5.77. The molecule has 1 aromatic rings. The summed E-state index contributed by atoms with van der Waals surface area (Å²) < 4.78 is 5.57. The van der Waals surface area contributed by atoms with Gasteiger partial charge in [0.25, 0.3) is 0 Å². The summed E-state index contributed by atoms with van der Waals surface area (Å²) >= 11 is 0. The summed E-state index contributed by atoms with van der Waals surface area (Å²) in [6.07, 6.45) is 0.893. The first-order chi connectivity index (χ1) is 9.56. The molecule has 0 aliphatic carbocycles. The number of rotatable bonds is 4. The zero-order valence-electron chi connectivity index (χ0n) is 11.5. The molecule has 1 unspecified atom stereocenters. The second kappa shape index (κ2) is 5.97. The molecule has 0 spiro atoms. The first-order valence-corrected chi connectivity index (χ1v) is 6.43. The molecule has 0 aromatic carbocycles. The highest BCUT2D eigenvalue weighted by Crippen LogP contribution is 2.30. The average molecular weight is 282 g/mol. The Hall–Kier alpha value is -2.00. The number of ether oxygens (including phenoxy) is 1. The van der Waals surface area contributed by atoms with Crippen LogP contribution in [-0.2, 0) is 4.74 Å². The van der Waals surface area contributed by atoms with Gasteiger partial charge in [0.05, 0.1) is 17.6 Å². The number of morpholine rings is 1. The van der Waals surface area contributed by atoms with Crippen molar-refractivity contribution in [3.8, 4) is 0 Å². The topological polar surface area (TPSA) is 119 Å². The van der Waals surface area contributed by atoms with Crippen molar-refractivity contribution in [3.05, 3.63) is 15.8 Å². The molecule has 9 heteroatoms. The smallest absolute Gasteiger partial charge is 0.332 e. The van der Waals surface area contributed by atoms with E-state index in [1.807, 2.05) is 11.8 Å². The van der Waals surface area contributed by atoms with Gasteiger partial charge < -0.3 is 9.64 Å². The molecular formula is C11H18N6O3. The van der Waals surface area contributed by atoms with Crippen LogP contribution in [0.4, 0.5) is 17.5 Å². The van der Waals surface area contributed by atoms with E-state index in [0.717, 1.165) is 6.42 Å². The molecule has 9 nitrogen and oxygen atoms in total. The number of nitrogen functional groups attached to an aromatic ring is 1. The van der Waals surface area contributed by atoms with Gasteiger partial charge in [-0.05, 0) is 13.3 Å². The average Bonchev–Trinajstić information content (AvgIpc) is 2.45. The van der Waals surface area contributed by atoms with Crippen LogP contribution in [0.15, 0.2) is 0 Å². The molecule has 0 saturated carbocycles. The van der Waals surface area contributed by atoms with Crippen molar-refractivity contribution in [1.29, 1.82) is 0 Å². The van der Waals surface area contributed by atoms with E-state index in [1.165, 1.54) is 0 Å². The van der Waals surface area contributed by atoms with Crippen LogP contribution in [0.5, 0.6) is 0 Å². The number of hydrogen-bond donors (Lipinski definition) is 2. The van der Waals surface area contributed by atoms with Crippen molar-refractivity contribution in [1.82, 2.24) is 9.97 Å². The van der Waals surface area contributed by atoms with E-state index in [1.54, 1.807) is 6.92 Å². The summed E-state index contributed by atoms with van der Waals surface area (Å²) in [6.45, 7) is 5.22. The molecule has 0 bridgehead atoms. The Morgan fingerprint density at radius 2 is 2.35 bits per heavy atom. The van der Waals surface area contributed by atoms with E-state index >= 15 is 0 Å². The Morgan fingerprint density at radius 1 is 1.60 bits per heavy atom. The van der Waals surface area contributed by atoms with Crippen LogP contribution in [0, 0.1) is 17.0 Å². The Balaban J connectivity index is 2.42. The lowest BCUT2D eigenvalue weighted by Crippen LogP contribution is -2.43. The monoisotopic (exact) mass is 282 g/mol. The molecule has 1 atom stereocenters. The molecule has 1 aliphatic rings. The number of nitrogens with zero attached hydrogens (tertiary/aromatic N) is 4. The summed E-state index contributed by atoms with van der Waals surface area (Å²) in [7, 11) is 0. The standard InChI is InChI=1S/C11H18N6O3/c1-3-8-6-16(4-5-20-8)10-9(17(18)19)7(2)13-11(14-10)15-12/h8H,3-6,12H2,1-2H3,(H,13,14,15). The van der Waals surface area contributed by atoms with Crippen LogP contribution in [-0.4, -0.2) is 40.7 Å². The molecule has 1 aliphatic heterocycles. The molecule has 3 N–H and O–H groups in total. The van der Waals surface area contributed by atoms with Gasteiger partial charge >= 0.3 is 5.69 Å². The number of hydrazine groups is 1. The van der Waals surface area contributed by atoms with Crippen LogP contribution in [0.2, 0.25) is 0 Å². The highest BCUT2D eigenvalue weighted by Gasteiger charge is 2.29. The van der Waals surface area contributed by atoms with Gasteiger partial charge in [0, 0.05) is 13.1 Å². The van der Waals surface area contributed by atoms with Crippen LogP contribution >= 0.6 is 0 Å². The molecule has 1 fully saturated rings. The van der Waals surface area contributed by atoms with Gasteiger partial charge in [-0.3, -0.25) is 15.5 Å². The summed E-state index contributed by atoms with van der Waals surface area (Å²) in [5, 5.41) is 11.3. The SMILES string of the molecule is CCC1CN(c2nc(NN)nc(C)c2[N+](=O)[O-])CCO1. The fraction of sp³-hybridized carbons (Fsp3) is 0.636. The lowest BCUT2D eigenvalue weighted by molar-refractivity contribution is -0.385. The Kier molecular flexibility index (Phi) is 4.30. The zero-order chi connectivity index (χ0) is 14.7. The predicted molar refractivity (Wildman–Crippen MR) is 73.5 cm³/mol. The molecule has 20 heavy (non-hydrogen) atoms. The molecule has 110 valence electrons. The number of aromatic nitrogens is 2. The highest BCUT2D eigenvalue weighted by molar-refractivity contribution is 5.62. The number of hydrogen-bond acceptors (Lipinski definition) is 8. The normalized spacial score (nSPS) is 18.9. The maximum Gasteiger partial charge on any atom is 0.332 e. The lowest BCUT2D eigenvalue weighted by atomic mass is 10.2. The Morgan fingerprint density at radius 3 is 2.95 bits per heavy atom. The quantitative estimate of drug-likeness (QED) is 0.468. The van der Waals surface area contributed by atoms with E-state index < -0.39 is 4.92 Å². The maximum atomic E-state index is 11.3. The van der Waals surface area contributed by atoms with Gasteiger partial charge in [0.15, 0.2) is 0 Å². The van der Waals surface area contributed by atoms with Gasteiger partial charge in [0.1, 0.15) is 5.69 Å². The number of nitrogens with one attached hydrogen (secondary N) is 1. The molecule has 0 radical (unpaired) electrons. The number of anilines is 2. The van der Waals surface area contributed by atoms with Crippen molar-refractivity contribution in [2.24, 2.45) is 5.84 Å². The third kappa shape index (κ3) is 2.78. The fourth-order valence-electron chi connectivity index (χ4n) is 2.21. The van der Waals surface area contributed by atoms with E-state index in [9.17, 15) is 10.1 Å². The highest BCUT2D eigenvalue weighted by atomic mass is 16.6. The van der Waals surface area contributed by atoms with Gasteiger partial charge in [-0.2, -0.15) is 4.98 Å². The first-order valence-electron chi connectivity index (χ1n) is 6.43. The fourth-order valence-corrected chi connectivity index (χ4v) is 2.21. The molecule has 1 saturated heterocycles. The van der Waals surface area contributed by atoms with Crippen molar-refractivity contribution < 1.29 is 9.66 Å². The number of nitro groups is 1. The third-order valence-electron chi connectivity index (χ3n) is 3.25. The molecule has 2 heterocycles. The number of aryl methyl sites for hydroxylation is 1. The summed E-state index contributed by atoms with van der Waals surface area (Å²) in [6, 6.07) is 0. The lowest BCUT2D eigenvalue weighted by Gasteiger charge is -2.33. The van der Waals surface area contributed by atoms with Gasteiger partial charge in [0.2, 0.25) is 11.8 Å². The van der Waals surface area contributed by atoms with Crippen LogP contribution in [0.3, 0.4) is 0 Å². The van der Waals surface area contributed by atoms with Gasteiger partial charge in [-0.1, -0.05) is 6.92 Å². The molecule has 2 rings (SSSR count). The first kappa shape index (κ1) is 14.4. The van der Waals surface area contributed by atoms with Crippen molar-refractivity contribution in [2.75, 3.05) is 30.0 Å². The van der Waals surface area contributed by atoms with E-state index in [4.69, 9.17) is 10.6 Å². The third-order valence-corrected chi connectivity index (χ3v) is 3.25. The van der Waals surface area contributed by atoms with Crippen molar-refractivity contribution >= 4 is 17.5 Å². The zero-order valence-corrected chi connectivity index (χ0v) is 11.5. The van der Waals surface area contributed by atoms with Crippen LogP contribution in [0.1, 0.15) is 19.0 Å². The van der Waals surface area contributed by atoms with Crippen molar-refractivity contribution in [3.63, 3.8) is 0 Å². The van der Waals surface area contributed by atoms with Gasteiger partial charge in [-0.15, -0.1) is 0 Å². The Labute approximate surface area is 116 Å². The van der Waals surface area contributed by atoms with E-state index in [2.05, 4.69) is 15.4 Å². The van der Waals surface area contributed by atoms with Crippen molar-refractivity contribution in [2.45, 2.75) is 26.4 Å². The van der Waals surface area contributed by atoms with E-state index in [-0.39, 0.29) is 29.3 Å². The molecule has 1 aromatic heterocycles. The van der Waals surface area contributed by atoms with Crippen LogP contribution < -0.4 is 16.2 Å². The predicted octanol–water partition coefficient (Wildman–Crippen LogP) is 0.594. The number of nitrogens with two attached hydrogens (primary N) is 1. The second-order valence-corrected chi connectivity index (χ2v) is 4.55. The van der Waals surface area contributed by atoms with Gasteiger partial charge in [-0.25, -0.2) is 10.8 Å². The molecular weight excluding hydrogens is 264 g/mol. The summed E-state index contributed by atoms with van der Waals surface area (Å²) in [5.41, 5.74) is 2.54. The minimum Gasteiger partial charge on any atom is -0.375 e. The maximum absolute atomic E-state index is 11.3. The van der Waals surface area contributed by atoms with E-state index in [0.29, 0.717) is 19.7 Å².